The van der Waals surface area contributed by atoms with Gasteiger partial charge in [0.1, 0.15) is 0 Å². The third kappa shape index (κ3) is 6.06. The first-order chi connectivity index (χ1) is 8.58. The molecular formula is C14H20N2O2. The smallest absolute Gasteiger partial charge is 0.224 e. The lowest BCUT2D eigenvalue weighted by molar-refractivity contribution is -0.120. The summed E-state index contributed by atoms with van der Waals surface area (Å²) < 4.78 is 5.28. The van der Waals surface area contributed by atoms with E-state index in [0.29, 0.717) is 31.9 Å². The van der Waals surface area contributed by atoms with Crippen LogP contribution >= 0.6 is 0 Å². The lowest BCUT2D eigenvalue weighted by atomic mass is 10.1. The van der Waals surface area contributed by atoms with Crippen LogP contribution in [0.1, 0.15) is 12.5 Å². The molecule has 0 spiro atoms. The van der Waals surface area contributed by atoms with Gasteiger partial charge in [0, 0.05) is 12.2 Å². The summed E-state index contributed by atoms with van der Waals surface area (Å²) >= 11 is 0. The van der Waals surface area contributed by atoms with E-state index >= 15 is 0 Å². The summed E-state index contributed by atoms with van der Waals surface area (Å²) in [4.78, 5) is 11.6. The molecule has 0 heterocycles. The molecule has 1 aromatic carbocycles. The summed E-state index contributed by atoms with van der Waals surface area (Å²) in [5.74, 6) is -0.0282. The molecule has 1 rings (SSSR count). The zero-order valence-corrected chi connectivity index (χ0v) is 10.7. The van der Waals surface area contributed by atoms with Crippen LogP contribution in [0.2, 0.25) is 0 Å². The largest absolute Gasteiger partial charge is 0.399 e. The van der Waals surface area contributed by atoms with E-state index in [1.807, 2.05) is 19.1 Å². The Hall–Kier alpha value is -1.81. The number of anilines is 1. The molecule has 4 heteroatoms. The first-order valence-electron chi connectivity index (χ1n) is 5.91. The fourth-order valence-corrected chi connectivity index (χ4v) is 1.46. The molecule has 0 saturated carbocycles. The van der Waals surface area contributed by atoms with Crippen molar-refractivity contribution in [1.82, 2.24) is 5.32 Å². The Morgan fingerprint density at radius 3 is 2.94 bits per heavy atom. The molecule has 0 aliphatic rings. The number of nitrogens with two attached hydrogens (primary N) is 1. The molecule has 4 nitrogen and oxygen atoms in total. The third-order valence-electron chi connectivity index (χ3n) is 2.23. The van der Waals surface area contributed by atoms with Crippen molar-refractivity contribution in [3.05, 3.63) is 42.0 Å². The Morgan fingerprint density at radius 1 is 1.50 bits per heavy atom. The zero-order valence-electron chi connectivity index (χ0n) is 10.7. The number of carbonyl (C=O) groups is 1. The summed E-state index contributed by atoms with van der Waals surface area (Å²) in [7, 11) is 0. The molecule has 0 unspecified atom stereocenters. The number of amides is 1. The van der Waals surface area contributed by atoms with Crippen LogP contribution in [-0.4, -0.2) is 25.7 Å². The highest BCUT2D eigenvalue weighted by atomic mass is 16.5. The highest BCUT2D eigenvalue weighted by Crippen LogP contribution is 2.06. The van der Waals surface area contributed by atoms with Crippen LogP contribution in [0.25, 0.3) is 0 Å². The van der Waals surface area contributed by atoms with Crippen molar-refractivity contribution in [2.24, 2.45) is 0 Å². The van der Waals surface area contributed by atoms with E-state index < -0.39 is 0 Å². The maximum Gasteiger partial charge on any atom is 0.224 e. The molecule has 0 saturated heterocycles. The lowest BCUT2D eigenvalue weighted by Crippen LogP contribution is -2.28. The van der Waals surface area contributed by atoms with Crippen LogP contribution in [-0.2, 0) is 16.0 Å². The molecule has 0 bridgehead atoms. The second-order valence-corrected chi connectivity index (χ2v) is 4.28. The lowest BCUT2D eigenvalue weighted by Gasteiger charge is -2.06. The molecular weight excluding hydrogens is 228 g/mol. The Kier molecular flexibility index (Phi) is 5.94. The van der Waals surface area contributed by atoms with Crippen molar-refractivity contribution < 1.29 is 9.53 Å². The van der Waals surface area contributed by atoms with Crippen molar-refractivity contribution in [3.63, 3.8) is 0 Å². The van der Waals surface area contributed by atoms with Crippen molar-refractivity contribution >= 4 is 11.6 Å². The molecule has 0 aliphatic carbocycles. The average Bonchev–Trinajstić information content (AvgIpc) is 2.28. The minimum Gasteiger partial charge on any atom is -0.399 e. The van der Waals surface area contributed by atoms with Gasteiger partial charge in [0.05, 0.1) is 19.6 Å². The summed E-state index contributed by atoms with van der Waals surface area (Å²) in [6, 6.07) is 7.32. The maximum atomic E-state index is 11.6. The van der Waals surface area contributed by atoms with Crippen LogP contribution < -0.4 is 11.1 Å². The molecule has 1 aromatic rings. The molecule has 3 N–H and O–H groups in total. The molecule has 0 aliphatic heterocycles. The summed E-state index contributed by atoms with van der Waals surface area (Å²) in [5, 5.41) is 2.79. The number of ether oxygens (including phenoxy) is 1. The number of nitrogens with one attached hydrogen (secondary N) is 1. The molecule has 0 aromatic heterocycles. The Balaban J connectivity index is 2.20. The normalized spacial score (nSPS) is 10.1. The molecule has 98 valence electrons. The Morgan fingerprint density at radius 2 is 2.28 bits per heavy atom. The van der Waals surface area contributed by atoms with Crippen LogP contribution in [0.4, 0.5) is 5.69 Å². The van der Waals surface area contributed by atoms with E-state index in [1.165, 1.54) is 0 Å². The summed E-state index contributed by atoms with van der Waals surface area (Å²) in [5.41, 5.74) is 8.20. The molecule has 0 fully saturated rings. The van der Waals surface area contributed by atoms with E-state index in [4.69, 9.17) is 10.5 Å². The minimum atomic E-state index is -0.0282. The molecule has 18 heavy (non-hydrogen) atoms. The topological polar surface area (TPSA) is 64.3 Å². The van der Waals surface area contributed by atoms with Crippen molar-refractivity contribution in [3.8, 4) is 0 Å². The quantitative estimate of drug-likeness (QED) is 0.437. The van der Waals surface area contributed by atoms with E-state index in [0.717, 1.165) is 11.1 Å². The van der Waals surface area contributed by atoms with Crippen LogP contribution in [0.5, 0.6) is 0 Å². The van der Waals surface area contributed by atoms with Gasteiger partial charge in [0.15, 0.2) is 0 Å². The van der Waals surface area contributed by atoms with Gasteiger partial charge in [-0.1, -0.05) is 24.3 Å². The van der Waals surface area contributed by atoms with E-state index in [9.17, 15) is 4.79 Å². The van der Waals surface area contributed by atoms with Crippen LogP contribution in [0.15, 0.2) is 36.4 Å². The standard InChI is InChI=1S/C14H20N2O2/c1-11(2)10-18-7-6-16-14(17)9-12-4-3-5-13(15)8-12/h3-5,8H,1,6-7,9-10,15H2,2H3,(H,16,17). The number of carbonyl (C=O) groups excluding carboxylic acids is 1. The second kappa shape index (κ2) is 7.50. The van der Waals surface area contributed by atoms with Gasteiger partial charge in [0.2, 0.25) is 5.91 Å². The van der Waals surface area contributed by atoms with Gasteiger partial charge in [-0.05, 0) is 24.6 Å². The second-order valence-electron chi connectivity index (χ2n) is 4.28. The van der Waals surface area contributed by atoms with Crippen LogP contribution in [0.3, 0.4) is 0 Å². The molecule has 0 atom stereocenters. The maximum absolute atomic E-state index is 11.6. The summed E-state index contributed by atoms with van der Waals surface area (Å²) in [6.07, 6.45) is 0.339. The van der Waals surface area contributed by atoms with E-state index in [2.05, 4.69) is 11.9 Å². The van der Waals surface area contributed by atoms with Gasteiger partial charge >= 0.3 is 0 Å². The Bertz CT molecular complexity index is 416. The van der Waals surface area contributed by atoms with Gasteiger partial charge in [-0.25, -0.2) is 0 Å². The van der Waals surface area contributed by atoms with Gasteiger partial charge in [-0.3, -0.25) is 4.79 Å². The van der Waals surface area contributed by atoms with Gasteiger partial charge in [0.25, 0.3) is 0 Å². The fraction of sp³-hybridized carbons (Fsp3) is 0.357. The molecule has 0 radical (unpaired) electrons. The fourth-order valence-electron chi connectivity index (χ4n) is 1.46. The number of hydrogen-bond acceptors (Lipinski definition) is 3. The first-order valence-corrected chi connectivity index (χ1v) is 5.91. The van der Waals surface area contributed by atoms with Gasteiger partial charge in [-0.15, -0.1) is 0 Å². The van der Waals surface area contributed by atoms with E-state index in [-0.39, 0.29) is 5.91 Å². The highest BCUT2D eigenvalue weighted by molar-refractivity contribution is 5.78. The monoisotopic (exact) mass is 248 g/mol. The number of benzene rings is 1. The minimum absolute atomic E-state index is 0.0282. The van der Waals surface area contributed by atoms with Gasteiger partial charge < -0.3 is 15.8 Å². The predicted molar refractivity (Wildman–Crippen MR) is 73.2 cm³/mol. The molecule has 1 amide bonds. The highest BCUT2D eigenvalue weighted by Gasteiger charge is 2.02. The first kappa shape index (κ1) is 14.3. The third-order valence-corrected chi connectivity index (χ3v) is 2.23. The van der Waals surface area contributed by atoms with Gasteiger partial charge in [-0.2, -0.15) is 0 Å². The number of nitrogen functional groups attached to an aromatic ring is 1. The van der Waals surface area contributed by atoms with Crippen molar-refractivity contribution in [2.75, 3.05) is 25.5 Å². The number of hydrogen-bond donors (Lipinski definition) is 2. The van der Waals surface area contributed by atoms with E-state index in [1.54, 1.807) is 12.1 Å². The SMILES string of the molecule is C=C(C)COCCNC(=O)Cc1cccc(N)c1. The Labute approximate surface area is 108 Å². The predicted octanol–water partition coefficient (Wildman–Crippen LogP) is 1.52. The zero-order chi connectivity index (χ0) is 13.4. The van der Waals surface area contributed by atoms with Crippen LogP contribution in [0, 0.1) is 0 Å². The van der Waals surface area contributed by atoms with Crippen molar-refractivity contribution in [1.29, 1.82) is 0 Å². The summed E-state index contributed by atoms with van der Waals surface area (Å²) in [6.45, 7) is 7.17. The van der Waals surface area contributed by atoms with Crippen molar-refractivity contribution in [2.45, 2.75) is 13.3 Å². The number of rotatable bonds is 7. The average molecular weight is 248 g/mol.